The van der Waals surface area contributed by atoms with Crippen LogP contribution in [0.15, 0.2) is 18.2 Å². The molecule has 26 heavy (non-hydrogen) atoms. The second-order valence-corrected chi connectivity index (χ2v) is 8.37. The van der Waals surface area contributed by atoms with Gasteiger partial charge >= 0.3 is 0 Å². The highest BCUT2D eigenvalue weighted by Gasteiger charge is 2.60. The lowest BCUT2D eigenvalue weighted by Gasteiger charge is -2.54. The molecule has 1 aromatic carbocycles. The number of ketones is 2. The molecule has 0 N–H and O–H groups in total. The number of non-ortho nitro benzene ring substituents is 1. The van der Waals surface area contributed by atoms with Crippen molar-refractivity contribution in [2.75, 3.05) is 24.7 Å². The Hall–Kier alpha value is -2.28. The highest BCUT2D eigenvalue weighted by atomic mass is 16.6. The molecule has 138 valence electrons. The smallest absolute Gasteiger partial charge is 0.269 e. The van der Waals surface area contributed by atoms with Crippen molar-refractivity contribution >= 4 is 22.9 Å². The van der Waals surface area contributed by atoms with Crippen LogP contribution in [0.5, 0.6) is 0 Å². The van der Waals surface area contributed by atoms with E-state index in [0.29, 0.717) is 38.2 Å². The molecule has 0 amide bonds. The van der Waals surface area contributed by atoms with Gasteiger partial charge in [-0.15, -0.1) is 0 Å². The molecule has 2 aliphatic heterocycles. The van der Waals surface area contributed by atoms with Crippen LogP contribution in [0.2, 0.25) is 0 Å². The van der Waals surface area contributed by atoms with Crippen LogP contribution in [0.25, 0.3) is 0 Å². The first-order valence-electron chi connectivity index (χ1n) is 8.93. The SMILES string of the molecule is CC1(C)CC(=O)C2(Cc3cc([N+](=O)[O-])ccc3N3CCOC[C@@H]32)C(=O)C1. The van der Waals surface area contributed by atoms with Crippen molar-refractivity contribution in [1.29, 1.82) is 0 Å². The number of benzene rings is 1. The molecule has 1 saturated carbocycles. The molecule has 1 saturated heterocycles. The Labute approximate surface area is 151 Å². The van der Waals surface area contributed by atoms with Gasteiger partial charge in [-0.3, -0.25) is 19.7 Å². The average molecular weight is 358 g/mol. The van der Waals surface area contributed by atoms with Gasteiger partial charge in [-0.1, -0.05) is 13.8 Å². The third-order valence-electron chi connectivity index (χ3n) is 6.02. The van der Waals surface area contributed by atoms with Crippen LogP contribution in [0, 0.1) is 20.9 Å². The summed E-state index contributed by atoms with van der Waals surface area (Å²) in [6, 6.07) is 4.40. The highest BCUT2D eigenvalue weighted by Crippen LogP contribution is 2.50. The number of ether oxygens (including phenoxy) is 1. The van der Waals surface area contributed by atoms with Crippen LogP contribution >= 0.6 is 0 Å². The average Bonchev–Trinajstić information content (AvgIpc) is 2.58. The molecule has 0 bridgehead atoms. The second-order valence-electron chi connectivity index (χ2n) is 8.37. The zero-order chi connectivity index (χ0) is 18.7. The lowest BCUT2D eigenvalue weighted by molar-refractivity contribution is -0.384. The molecule has 0 unspecified atom stereocenters. The third-order valence-corrected chi connectivity index (χ3v) is 6.02. The fraction of sp³-hybridized carbons (Fsp3) is 0.579. The number of morpholine rings is 1. The van der Waals surface area contributed by atoms with E-state index in [-0.39, 0.29) is 35.1 Å². The number of hydrogen-bond donors (Lipinski definition) is 0. The van der Waals surface area contributed by atoms with Crippen LogP contribution in [0.3, 0.4) is 0 Å². The maximum Gasteiger partial charge on any atom is 0.269 e. The zero-order valence-corrected chi connectivity index (χ0v) is 15.0. The first-order chi connectivity index (χ1) is 12.2. The number of fused-ring (bicyclic) bond motifs is 4. The van der Waals surface area contributed by atoms with Gasteiger partial charge < -0.3 is 9.64 Å². The van der Waals surface area contributed by atoms with E-state index in [1.807, 2.05) is 13.8 Å². The summed E-state index contributed by atoms with van der Waals surface area (Å²) >= 11 is 0. The van der Waals surface area contributed by atoms with E-state index in [1.165, 1.54) is 12.1 Å². The van der Waals surface area contributed by atoms with E-state index < -0.39 is 10.3 Å². The number of anilines is 1. The number of Topliss-reactive ketones (excluding diaryl/α,β-unsaturated/α-hetero) is 2. The summed E-state index contributed by atoms with van der Waals surface area (Å²) in [6.45, 7) is 5.28. The fourth-order valence-electron chi connectivity index (χ4n) is 4.80. The molecule has 2 heterocycles. The molecule has 1 aliphatic carbocycles. The molecule has 4 rings (SSSR count). The van der Waals surface area contributed by atoms with Gasteiger partial charge in [0, 0.05) is 37.2 Å². The highest BCUT2D eigenvalue weighted by molar-refractivity contribution is 6.11. The van der Waals surface area contributed by atoms with E-state index in [0.717, 1.165) is 5.69 Å². The van der Waals surface area contributed by atoms with Gasteiger partial charge in [0.1, 0.15) is 17.0 Å². The number of nitrogens with zero attached hydrogens (tertiary/aromatic N) is 2. The maximum absolute atomic E-state index is 13.2. The molecule has 1 aromatic rings. The number of nitro groups is 1. The van der Waals surface area contributed by atoms with Crippen molar-refractivity contribution < 1.29 is 19.2 Å². The minimum absolute atomic E-state index is 0.0124. The van der Waals surface area contributed by atoms with Crippen LogP contribution in [-0.2, 0) is 20.7 Å². The monoisotopic (exact) mass is 358 g/mol. The molecular formula is C19H22N2O5. The predicted molar refractivity (Wildman–Crippen MR) is 94.2 cm³/mol. The molecule has 1 atom stereocenters. The minimum Gasteiger partial charge on any atom is -0.377 e. The van der Waals surface area contributed by atoms with Gasteiger partial charge in [0.15, 0.2) is 0 Å². The van der Waals surface area contributed by atoms with E-state index in [9.17, 15) is 19.7 Å². The van der Waals surface area contributed by atoms with Crippen LogP contribution in [-0.4, -0.2) is 42.3 Å². The van der Waals surface area contributed by atoms with Crippen molar-refractivity contribution in [1.82, 2.24) is 0 Å². The van der Waals surface area contributed by atoms with Crippen molar-refractivity contribution in [2.24, 2.45) is 10.8 Å². The van der Waals surface area contributed by atoms with Gasteiger partial charge in [-0.2, -0.15) is 0 Å². The number of hydrogen-bond acceptors (Lipinski definition) is 6. The molecule has 2 fully saturated rings. The van der Waals surface area contributed by atoms with Crippen molar-refractivity contribution in [3.63, 3.8) is 0 Å². The van der Waals surface area contributed by atoms with Crippen molar-refractivity contribution in [2.45, 2.75) is 39.2 Å². The maximum atomic E-state index is 13.2. The lowest BCUT2D eigenvalue weighted by Crippen LogP contribution is -2.66. The normalized spacial score (nSPS) is 26.4. The molecule has 3 aliphatic rings. The number of nitro benzene ring substituents is 1. The van der Waals surface area contributed by atoms with Gasteiger partial charge in [-0.05, 0) is 23.5 Å². The van der Waals surface area contributed by atoms with E-state index in [1.54, 1.807) is 6.07 Å². The molecule has 7 nitrogen and oxygen atoms in total. The quantitative estimate of drug-likeness (QED) is 0.435. The van der Waals surface area contributed by atoms with Crippen LogP contribution in [0.1, 0.15) is 32.3 Å². The van der Waals surface area contributed by atoms with E-state index in [4.69, 9.17) is 4.74 Å². The van der Waals surface area contributed by atoms with Crippen LogP contribution in [0.4, 0.5) is 11.4 Å². The van der Waals surface area contributed by atoms with Gasteiger partial charge in [0.05, 0.1) is 24.2 Å². The Bertz CT molecular complexity index is 796. The first kappa shape index (κ1) is 17.1. The van der Waals surface area contributed by atoms with Gasteiger partial charge in [0.25, 0.3) is 5.69 Å². The standard InChI is InChI=1S/C19H22N2O5/c1-18(2)9-16(22)19(17(23)10-18)8-12-7-13(21(24)25)3-4-14(12)20-5-6-26-11-15(19)20/h3-4,7,15H,5-6,8-11H2,1-2H3/t15-/m1/s1. The summed E-state index contributed by atoms with van der Waals surface area (Å²) < 4.78 is 5.64. The Balaban J connectivity index is 1.86. The summed E-state index contributed by atoms with van der Waals surface area (Å²) in [6.07, 6.45) is 0.906. The van der Waals surface area contributed by atoms with Gasteiger partial charge in [0.2, 0.25) is 0 Å². The van der Waals surface area contributed by atoms with Gasteiger partial charge in [-0.25, -0.2) is 0 Å². The van der Waals surface area contributed by atoms with Crippen LogP contribution < -0.4 is 4.90 Å². The summed E-state index contributed by atoms with van der Waals surface area (Å²) in [5.41, 5.74) is 0.0707. The molecule has 7 heteroatoms. The first-order valence-corrected chi connectivity index (χ1v) is 8.93. The van der Waals surface area contributed by atoms with E-state index >= 15 is 0 Å². The minimum atomic E-state index is -1.15. The van der Waals surface area contributed by atoms with Crippen molar-refractivity contribution in [3.8, 4) is 0 Å². The Morgan fingerprint density at radius 2 is 1.88 bits per heavy atom. The third kappa shape index (κ3) is 2.37. The fourth-order valence-corrected chi connectivity index (χ4v) is 4.80. The molecule has 0 aromatic heterocycles. The summed E-state index contributed by atoms with van der Waals surface area (Å²) in [7, 11) is 0. The Morgan fingerprint density at radius 1 is 1.19 bits per heavy atom. The summed E-state index contributed by atoms with van der Waals surface area (Å²) in [5, 5.41) is 11.2. The molecule has 1 spiro atoms. The largest absolute Gasteiger partial charge is 0.377 e. The number of carbonyl (C=O) groups is 2. The predicted octanol–water partition coefficient (Wildman–Crippen LogP) is 2.30. The summed E-state index contributed by atoms with van der Waals surface area (Å²) in [5.74, 6) is -0.118. The number of rotatable bonds is 1. The zero-order valence-electron chi connectivity index (χ0n) is 15.0. The molecule has 0 radical (unpaired) electrons. The van der Waals surface area contributed by atoms with Crippen molar-refractivity contribution in [3.05, 3.63) is 33.9 Å². The number of carbonyl (C=O) groups excluding carboxylic acids is 2. The van der Waals surface area contributed by atoms with E-state index in [2.05, 4.69) is 4.90 Å². The second kappa shape index (κ2) is 5.61. The topological polar surface area (TPSA) is 89.8 Å². The Kier molecular flexibility index (Phi) is 3.70. The lowest BCUT2D eigenvalue weighted by atomic mass is 9.56. The molecular weight excluding hydrogens is 336 g/mol. The Morgan fingerprint density at radius 3 is 2.54 bits per heavy atom. The summed E-state index contributed by atoms with van der Waals surface area (Å²) in [4.78, 5) is 39.3.